The van der Waals surface area contributed by atoms with Gasteiger partial charge in [0.1, 0.15) is 24.2 Å². The second-order valence-corrected chi connectivity index (χ2v) is 14.3. The number of aromatic amines is 1. The van der Waals surface area contributed by atoms with Crippen LogP contribution >= 0.6 is 0 Å². The van der Waals surface area contributed by atoms with E-state index in [1.165, 1.54) is 12.1 Å². The number of H-pyrrole nitrogens is 1. The Kier molecular flexibility index (Phi) is 14.4. The molecule has 4 aromatic rings. The predicted octanol–water partition coefficient (Wildman–Crippen LogP) is 1.88. The summed E-state index contributed by atoms with van der Waals surface area (Å²) in [7, 11) is 0. The van der Waals surface area contributed by atoms with Crippen molar-refractivity contribution in [3.63, 3.8) is 0 Å². The number of aromatic hydroxyl groups is 3. The second kappa shape index (κ2) is 19.2. The Hall–Kier alpha value is -7.11. The molecule has 308 valence electrons. The zero-order chi connectivity index (χ0) is 42.8. The first-order chi connectivity index (χ1) is 27.4. The van der Waals surface area contributed by atoms with Crippen LogP contribution in [-0.2, 0) is 36.9 Å². The number of aliphatic carboxylic acids is 2. The molecule has 1 heterocycles. The Morgan fingerprint density at radius 1 is 0.655 bits per heavy atom. The van der Waals surface area contributed by atoms with E-state index in [1.807, 2.05) is 18.2 Å². The number of aromatic nitrogens is 1. The molecule has 0 bridgehead atoms. The Bertz CT molecular complexity index is 2160. The lowest BCUT2D eigenvalue weighted by molar-refractivity contribution is -0.144. The summed E-state index contributed by atoms with van der Waals surface area (Å²) >= 11 is 0. The van der Waals surface area contributed by atoms with Crippen LogP contribution < -0.4 is 26.6 Å². The van der Waals surface area contributed by atoms with Crippen molar-refractivity contribution < 1.29 is 59.1 Å². The molecule has 0 aliphatic carbocycles. The van der Waals surface area contributed by atoms with Crippen LogP contribution in [0.15, 0.2) is 66.9 Å². The normalized spacial score (nSPS) is 13.2. The first-order valence-corrected chi connectivity index (χ1v) is 18.2. The van der Waals surface area contributed by atoms with E-state index in [2.05, 4.69) is 31.6 Å². The first-order valence-electron chi connectivity index (χ1n) is 18.2. The average Bonchev–Trinajstić information content (AvgIpc) is 3.58. The van der Waals surface area contributed by atoms with Crippen LogP contribution in [0, 0.1) is 11.8 Å². The van der Waals surface area contributed by atoms with E-state index < -0.39 is 101 Å². The molecule has 0 saturated carbocycles. The molecular weight excluding hydrogens is 756 g/mol. The van der Waals surface area contributed by atoms with E-state index in [0.29, 0.717) is 11.1 Å². The molecule has 11 N–H and O–H groups in total. The standard InChI is InChI=1S/C40H46N6O12/c1-19(2)32(39(56)44-28(16-31(49)50)38(55)46-33(20(3)4)40(57)58)45-37(54)27(13-24-18-41-26-8-6-5-7-25(24)26)43-36(53)22-11-9-21(10-12-22)17-42-35(52)23-14-29(47)34(51)30(48)15-23/h5-12,14-15,18-20,27-28,32-33,41,47-48,51H,13,16-17H2,1-4H3,(H,42,52)(H,43,53)(H,44,56)(H,45,54)(H,46,55)(H,49,50)(H,57,58)/t27-,28-,32+,33+/m0/s1. The maximum absolute atomic E-state index is 14.0. The number of carbonyl (C=O) groups excluding carboxylic acids is 5. The largest absolute Gasteiger partial charge is 0.504 e. The monoisotopic (exact) mass is 802 g/mol. The van der Waals surface area contributed by atoms with Crippen LogP contribution in [0.1, 0.15) is 66.0 Å². The first kappa shape index (κ1) is 43.6. The molecule has 0 spiro atoms. The molecule has 18 nitrogen and oxygen atoms in total. The third-order valence-electron chi connectivity index (χ3n) is 9.21. The summed E-state index contributed by atoms with van der Waals surface area (Å²) in [5, 5.41) is 61.3. The second-order valence-electron chi connectivity index (χ2n) is 14.3. The molecule has 0 aliphatic heterocycles. The van der Waals surface area contributed by atoms with Crippen molar-refractivity contribution in [1.82, 2.24) is 31.6 Å². The maximum atomic E-state index is 14.0. The fourth-order valence-electron chi connectivity index (χ4n) is 5.97. The van der Waals surface area contributed by atoms with Gasteiger partial charge in [0, 0.05) is 41.2 Å². The Labute approximate surface area is 332 Å². The molecule has 0 aliphatic rings. The number of carboxylic acids is 2. The number of rotatable bonds is 18. The fourth-order valence-corrected chi connectivity index (χ4v) is 5.97. The number of fused-ring (bicyclic) bond motifs is 1. The summed E-state index contributed by atoms with van der Waals surface area (Å²) in [5.74, 6) is -10.1. The van der Waals surface area contributed by atoms with Gasteiger partial charge in [0.2, 0.25) is 17.7 Å². The van der Waals surface area contributed by atoms with Crippen LogP contribution in [0.25, 0.3) is 10.9 Å². The van der Waals surface area contributed by atoms with Crippen molar-refractivity contribution >= 4 is 52.4 Å². The fraction of sp³-hybridized carbons (Fsp3) is 0.325. The number of phenols is 3. The molecule has 58 heavy (non-hydrogen) atoms. The number of benzene rings is 3. The zero-order valence-electron chi connectivity index (χ0n) is 32.0. The molecule has 4 rings (SSSR count). The molecule has 5 amide bonds. The van der Waals surface area contributed by atoms with E-state index in [0.717, 1.165) is 23.0 Å². The van der Waals surface area contributed by atoms with Gasteiger partial charge >= 0.3 is 11.9 Å². The van der Waals surface area contributed by atoms with Crippen LogP contribution in [0.4, 0.5) is 0 Å². The number of amides is 5. The highest BCUT2D eigenvalue weighted by molar-refractivity contribution is 6.00. The topological polar surface area (TPSA) is 297 Å². The number of nitrogens with one attached hydrogen (secondary N) is 6. The Morgan fingerprint density at radius 2 is 1.24 bits per heavy atom. The van der Waals surface area contributed by atoms with Crippen LogP contribution in [0.5, 0.6) is 17.2 Å². The number of hydrogen-bond acceptors (Lipinski definition) is 10. The number of para-hydroxylation sites is 1. The van der Waals surface area contributed by atoms with Gasteiger partial charge in [-0.2, -0.15) is 0 Å². The molecule has 0 radical (unpaired) electrons. The quantitative estimate of drug-likeness (QED) is 0.0643. The van der Waals surface area contributed by atoms with Crippen molar-refractivity contribution in [3.05, 3.63) is 89.1 Å². The third kappa shape index (κ3) is 11.2. The molecular formula is C40H46N6O12. The highest BCUT2D eigenvalue weighted by Crippen LogP contribution is 2.35. The van der Waals surface area contributed by atoms with Gasteiger partial charge in [0.05, 0.1) is 6.42 Å². The highest BCUT2D eigenvalue weighted by atomic mass is 16.4. The van der Waals surface area contributed by atoms with Crippen molar-refractivity contribution in [2.75, 3.05) is 0 Å². The summed E-state index contributed by atoms with van der Waals surface area (Å²) in [6.07, 6.45) is 0.777. The van der Waals surface area contributed by atoms with Crippen molar-refractivity contribution in [2.24, 2.45) is 11.8 Å². The molecule has 3 aromatic carbocycles. The van der Waals surface area contributed by atoms with Crippen LogP contribution in [0.3, 0.4) is 0 Å². The van der Waals surface area contributed by atoms with E-state index in [1.54, 1.807) is 52.1 Å². The van der Waals surface area contributed by atoms with Crippen molar-refractivity contribution in [1.29, 1.82) is 0 Å². The average molecular weight is 803 g/mol. The van der Waals surface area contributed by atoms with Crippen molar-refractivity contribution in [3.8, 4) is 17.2 Å². The minimum absolute atomic E-state index is 0.0137. The van der Waals surface area contributed by atoms with E-state index in [-0.39, 0.29) is 24.1 Å². The number of phenolic OH excluding ortho intramolecular Hbond substituents is 3. The highest BCUT2D eigenvalue weighted by Gasteiger charge is 2.34. The van der Waals surface area contributed by atoms with Crippen LogP contribution in [0.2, 0.25) is 0 Å². The summed E-state index contributed by atoms with van der Waals surface area (Å²) in [4.78, 5) is 93.3. The van der Waals surface area contributed by atoms with Gasteiger partial charge in [0.15, 0.2) is 17.2 Å². The van der Waals surface area contributed by atoms with Crippen LogP contribution in [-0.4, -0.2) is 96.2 Å². The maximum Gasteiger partial charge on any atom is 0.326 e. The molecule has 4 atom stereocenters. The predicted molar refractivity (Wildman–Crippen MR) is 208 cm³/mol. The minimum Gasteiger partial charge on any atom is -0.504 e. The molecule has 0 fully saturated rings. The lowest BCUT2D eigenvalue weighted by Crippen LogP contribution is -2.59. The minimum atomic E-state index is -1.68. The number of hydrogen-bond donors (Lipinski definition) is 11. The van der Waals surface area contributed by atoms with Gasteiger partial charge in [0.25, 0.3) is 11.8 Å². The van der Waals surface area contributed by atoms with Gasteiger partial charge in [-0.25, -0.2) is 4.79 Å². The van der Waals surface area contributed by atoms with E-state index >= 15 is 0 Å². The molecule has 1 aromatic heterocycles. The van der Waals surface area contributed by atoms with E-state index in [4.69, 9.17) is 0 Å². The van der Waals surface area contributed by atoms with Gasteiger partial charge in [-0.1, -0.05) is 58.0 Å². The lowest BCUT2D eigenvalue weighted by Gasteiger charge is -2.28. The number of carboxylic acid groups (broad SMARTS) is 2. The SMILES string of the molecule is CC(C)[C@@H](NC(=O)[C@H](CC(=O)O)NC(=O)[C@H](NC(=O)[C@H](Cc1c[nH]c2ccccc12)NC(=O)c1ccc(CNC(=O)c2cc(O)c(O)c(O)c2)cc1)C(C)C)C(=O)O. The van der Waals surface area contributed by atoms with Gasteiger partial charge in [-0.3, -0.25) is 28.8 Å². The molecule has 18 heteroatoms. The van der Waals surface area contributed by atoms with Crippen molar-refractivity contribution in [2.45, 2.75) is 71.2 Å². The van der Waals surface area contributed by atoms with E-state index in [9.17, 15) is 59.1 Å². The summed E-state index contributed by atoms with van der Waals surface area (Å²) < 4.78 is 0. The summed E-state index contributed by atoms with van der Waals surface area (Å²) in [6, 6.07) is 9.64. The third-order valence-corrected chi connectivity index (χ3v) is 9.21. The van der Waals surface area contributed by atoms with Gasteiger partial charge < -0.3 is 57.1 Å². The Morgan fingerprint density at radius 3 is 1.83 bits per heavy atom. The molecule has 0 saturated heterocycles. The van der Waals surface area contributed by atoms with Gasteiger partial charge in [-0.05, 0) is 53.3 Å². The van der Waals surface area contributed by atoms with Gasteiger partial charge in [-0.15, -0.1) is 0 Å². The summed E-state index contributed by atoms with van der Waals surface area (Å²) in [6.45, 7) is 6.28. The molecule has 0 unspecified atom stereocenters. The number of carbonyl (C=O) groups is 7. The Balaban J connectivity index is 1.52. The summed E-state index contributed by atoms with van der Waals surface area (Å²) in [5.41, 5.74) is 2.03. The smallest absolute Gasteiger partial charge is 0.326 e. The lowest BCUT2D eigenvalue weighted by atomic mass is 9.99. The zero-order valence-corrected chi connectivity index (χ0v) is 32.0.